The van der Waals surface area contributed by atoms with Crippen LogP contribution in [0.4, 0.5) is 18.9 Å². The third kappa shape index (κ3) is 3.95. The van der Waals surface area contributed by atoms with Gasteiger partial charge in [0, 0.05) is 6.07 Å². The topological polar surface area (TPSA) is 43.1 Å². The van der Waals surface area contributed by atoms with Crippen molar-refractivity contribution in [2.24, 2.45) is 5.92 Å². The van der Waals surface area contributed by atoms with E-state index in [1.165, 1.54) is 6.07 Å². The normalized spacial score (nSPS) is 13.6. The molecule has 0 saturated carbocycles. The second kappa shape index (κ2) is 6.24. The fourth-order valence-corrected chi connectivity index (χ4v) is 2.30. The Balaban J connectivity index is 3.25. The Bertz CT molecular complexity index is 484. The van der Waals surface area contributed by atoms with Crippen molar-refractivity contribution in [1.82, 2.24) is 0 Å². The molecule has 0 aliphatic rings. The lowest BCUT2D eigenvalue weighted by Gasteiger charge is -2.18. The van der Waals surface area contributed by atoms with E-state index in [0.717, 1.165) is 25.0 Å². The largest absolute Gasteiger partial charge is 0.422 e. The van der Waals surface area contributed by atoms with Crippen LogP contribution in [0.1, 0.15) is 50.7 Å². The average molecular weight is 289 g/mol. The molecule has 112 valence electrons. The van der Waals surface area contributed by atoms with E-state index >= 15 is 0 Å². The first-order valence-electron chi connectivity index (χ1n) is 6.52. The molecule has 1 unspecified atom stereocenters. The zero-order valence-corrected chi connectivity index (χ0v) is 11.7. The highest BCUT2D eigenvalue weighted by Crippen LogP contribution is 2.38. The van der Waals surface area contributed by atoms with Gasteiger partial charge in [-0.15, -0.1) is 0 Å². The van der Waals surface area contributed by atoms with Crippen molar-refractivity contribution in [3.63, 3.8) is 0 Å². The van der Waals surface area contributed by atoms with Gasteiger partial charge in [-0.1, -0.05) is 26.8 Å². The number of rotatable bonds is 5. The van der Waals surface area contributed by atoms with Gasteiger partial charge in [-0.05, 0) is 36.3 Å². The van der Waals surface area contributed by atoms with Gasteiger partial charge >= 0.3 is 6.18 Å². The second-order valence-electron chi connectivity index (χ2n) is 5.27. The van der Waals surface area contributed by atoms with Crippen LogP contribution in [0.2, 0.25) is 0 Å². The maximum Gasteiger partial charge on any atom is 0.422 e. The highest BCUT2D eigenvalue weighted by Gasteiger charge is 2.38. The van der Waals surface area contributed by atoms with Gasteiger partial charge in [-0.2, -0.15) is 13.2 Å². The Morgan fingerprint density at radius 1 is 1.30 bits per heavy atom. The fraction of sp³-hybridized carbons (Fsp3) is 0.571. The molecule has 0 amide bonds. The Morgan fingerprint density at radius 2 is 1.90 bits per heavy atom. The monoisotopic (exact) mass is 289 g/mol. The quantitative estimate of drug-likeness (QED) is 0.555. The van der Waals surface area contributed by atoms with Crippen molar-refractivity contribution in [2.45, 2.75) is 45.7 Å². The summed E-state index contributed by atoms with van der Waals surface area (Å²) in [4.78, 5) is 9.90. The molecule has 1 rings (SSSR count). The molecule has 20 heavy (non-hydrogen) atoms. The van der Waals surface area contributed by atoms with Crippen molar-refractivity contribution < 1.29 is 18.1 Å². The van der Waals surface area contributed by atoms with E-state index in [1.54, 1.807) is 0 Å². The van der Waals surface area contributed by atoms with Crippen LogP contribution in [0.3, 0.4) is 0 Å². The third-order valence-corrected chi connectivity index (χ3v) is 3.24. The SMILES string of the molecule is CCC(CC(C)C)c1ccc(C(F)(F)F)c([N+](=O)[O-])c1. The molecule has 1 aromatic rings. The Hall–Kier alpha value is -1.59. The standard InChI is InChI=1S/C14H18F3NO2/c1-4-10(7-9(2)3)11-5-6-12(14(15,16)17)13(8-11)18(19)20/h5-6,8-10H,4,7H2,1-3H3. The number of hydrogen-bond donors (Lipinski definition) is 0. The summed E-state index contributed by atoms with van der Waals surface area (Å²) >= 11 is 0. The maximum atomic E-state index is 12.7. The summed E-state index contributed by atoms with van der Waals surface area (Å²) in [5.74, 6) is 0.414. The molecule has 0 spiro atoms. The molecule has 1 atom stereocenters. The van der Waals surface area contributed by atoms with E-state index in [9.17, 15) is 23.3 Å². The van der Waals surface area contributed by atoms with Crippen LogP contribution in [0, 0.1) is 16.0 Å². The van der Waals surface area contributed by atoms with Gasteiger partial charge in [0.15, 0.2) is 0 Å². The molecule has 0 aromatic heterocycles. The summed E-state index contributed by atoms with van der Waals surface area (Å²) in [5, 5.41) is 10.9. The lowest BCUT2D eigenvalue weighted by molar-refractivity contribution is -0.388. The first kappa shape index (κ1) is 16.5. The van der Waals surface area contributed by atoms with Crippen molar-refractivity contribution >= 4 is 5.69 Å². The summed E-state index contributed by atoms with van der Waals surface area (Å²) in [6.45, 7) is 5.96. The van der Waals surface area contributed by atoms with Gasteiger partial charge in [0.05, 0.1) is 4.92 Å². The minimum atomic E-state index is -4.71. The summed E-state index contributed by atoms with van der Waals surface area (Å²) < 4.78 is 38.2. The van der Waals surface area contributed by atoms with Gasteiger partial charge in [-0.25, -0.2) is 0 Å². The number of nitrogens with zero attached hydrogens (tertiary/aromatic N) is 1. The lowest BCUT2D eigenvalue weighted by Crippen LogP contribution is -2.10. The number of benzene rings is 1. The first-order valence-corrected chi connectivity index (χ1v) is 6.52. The smallest absolute Gasteiger partial charge is 0.258 e. The molecular formula is C14H18F3NO2. The van der Waals surface area contributed by atoms with Crippen LogP contribution in [0.15, 0.2) is 18.2 Å². The molecule has 0 heterocycles. The molecule has 0 aliphatic carbocycles. The van der Waals surface area contributed by atoms with Crippen LogP contribution < -0.4 is 0 Å². The van der Waals surface area contributed by atoms with Crippen LogP contribution in [-0.4, -0.2) is 4.92 Å². The van der Waals surface area contributed by atoms with E-state index in [-0.39, 0.29) is 5.92 Å². The molecular weight excluding hydrogens is 271 g/mol. The minimum absolute atomic E-state index is 0.0379. The number of halogens is 3. The van der Waals surface area contributed by atoms with E-state index in [0.29, 0.717) is 11.5 Å². The van der Waals surface area contributed by atoms with E-state index in [4.69, 9.17) is 0 Å². The highest BCUT2D eigenvalue weighted by molar-refractivity contribution is 5.46. The molecule has 3 nitrogen and oxygen atoms in total. The maximum absolute atomic E-state index is 12.7. The molecule has 0 aliphatic heterocycles. The van der Waals surface area contributed by atoms with Crippen molar-refractivity contribution in [3.8, 4) is 0 Å². The number of nitro benzene ring substituents is 1. The molecule has 6 heteroatoms. The highest BCUT2D eigenvalue weighted by atomic mass is 19.4. The molecule has 0 fully saturated rings. The van der Waals surface area contributed by atoms with Crippen molar-refractivity contribution in [3.05, 3.63) is 39.4 Å². The van der Waals surface area contributed by atoms with Gasteiger partial charge in [0.25, 0.3) is 5.69 Å². The summed E-state index contributed by atoms with van der Waals surface area (Å²) in [6.07, 6.45) is -3.18. The molecule has 0 N–H and O–H groups in total. The number of hydrogen-bond acceptors (Lipinski definition) is 2. The van der Waals surface area contributed by atoms with Crippen LogP contribution in [-0.2, 0) is 6.18 Å². The molecule has 1 aromatic carbocycles. The number of alkyl halides is 3. The van der Waals surface area contributed by atoms with Gasteiger partial charge in [-0.3, -0.25) is 10.1 Å². The Kier molecular flexibility index (Phi) is 5.14. The van der Waals surface area contributed by atoms with Gasteiger partial charge in [0.1, 0.15) is 5.56 Å². The van der Waals surface area contributed by atoms with Crippen molar-refractivity contribution in [1.29, 1.82) is 0 Å². The second-order valence-corrected chi connectivity index (χ2v) is 5.27. The van der Waals surface area contributed by atoms with E-state index in [1.807, 2.05) is 20.8 Å². The number of nitro groups is 1. The zero-order chi connectivity index (χ0) is 15.5. The molecule has 0 radical (unpaired) electrons. The first-order chi connectivity index (χ1) is 9.16. The zero-order valence-electron chi connectivity index (χ0n) is 11.7. The molecule has 0 saturated heterocycles. The third-order valence-electron chi connectivity index (χ3n) is 3.24. The predicted molar refractivity (Wildman–Crippen MR) is 70.6 cm³/mol. The Morgan fingerprint density at radius 3 is 2.30 bits per heavy atom. The summed E-state index contributed by atoms with van der Waals surface area (Å²) in [5.41, 5.74) is -1.45. The lowest BCUT2D eigenvalue weighted by atomic mass is 9.87. The van der Waals surface area contributed by atoms with E-state index < -0.39 is 22.4 Å². The summed E-state index contributed by atoms with van der Waals surface area (Å²) in [7, 11) is 0. The van der Waals surface area contributed by atoms with Crippen LogP contribution in [0.5, 0.6) is 0 Å². The predicted octanol–water partition coefficient (Wildman–Crippen LogP) is 5.15. The summed E-state index contributed by atoms with van der Waals surface area (Å²) in [6, 6.07) is 3.24. The van der Waals surface area contributed by atoms with Crippen LogP contribution in [0.25, 0.3) is 0 Å². The van der Waals surface area contributed by atoms with Gasteiger partial charge < -0.3 is 0 Å². The van der Waals surface area contributed by atoms with E-state index in [2.05, 4.69) is 0 Å². The molecule has 0 bridgehead atoms. The fourth-order valence-electron chi connectivity index (χ4n) is 2.30. The van der Waals surface area contributed by atoms with Crippen molar-refractivity contribution in [2.75, 3.05) is 0 Å². The average Bonchev–Trinajstić information content (AvgIpc) is 2.33. The van der Waals surface area contributed by atoms with Gasteiger partial charge in [0.2, 0.25) is 0 Å². The van der Waals surface area contributed by atoms with Crippen LogP contribution >= 0.6 is 0 Å². The Labute approximate surface area is 116 Å². The minimum Gasteiger partial charge on any atom is -0.258 e.